The van der Waals surface area contributed by atoms with Crippen LogP contribution < -0.4 is 0 Å². The predicted octanol–water partition coefficient (Wildman–Crippen LogP) is 3.52. The van der Waals surface area contributed by atoms with Gasteiger partial charge in [-0.15, -0.1) is 0 Å². The maximum atomic E-state index is 9.61. The molecule has 2 rings (SSSR count). The second kappa shape index (κ2) is 5.49. The zero-order valence-electron chi connectivity index (χ0n) is 10.2. The molecule has 1 heteroatoms. The number of fused-ring (bicyclic) bond motifs is 1. The van der Waals surface area contributed by atoms with Crippen LogP contribution >= 0.6 is 0 Å². The van der Waals surface area contributed by atoms with E-state index in [0.29, 0.717) is 18.4 Å². The molecule has 1 nitrogen and oxygen atoms in total. The summed E-state index contributed by atoms with van der Waals surface area (Å²) < 4.78 is 0. The predicted molar refractivity (Wildman–Crippen MR) is 67.6 cm³/mol. The highest BCUT2D eigenvalue weighted by molar-refractivity contribution is 5.33. The molecule has 0 bridgehead atoms. The van der Waals surface area contributed by atoms with Gasteiger partial charge in [-0.1, -0.05) is 44.0 Å². The zero-order chi connectivity index (χ0) is 11.4. The maximum Gasteiger partial charge on any atom is 0.0502 e. The van der Waals surface area contributed by atoms with Crippen LogP contribution in [0, 0.1) is 5.92 Å². The van der Waals surface area contributed by atoms with Gasteiger partial charge in [0.25, 0.3) is 0 Å². The third-order valence-corrected chi connectivity index (χ3v) is 3.93. The molecule has 0 radical (unpaired) electrons. The first-order chi connectivity index (χ1) is 7.86. The topological polar surface area (TPSA) is 20.2 Å². The van der Waals surface area contributed by atoms with Crippen LogP contribution in [0.15, 0.2) is 24.3 Å². The zero-order valence-corrected chi connectivity index (χ0v) is 10.2. The molecule has 1 aromatic carbocycles. The van der Waals surface area contributed by atoms with Crippen LogP contribution in [0.5, 0.6) is 0 Å². The second-order valence-electron chi connectivity index (χ2n) is 4.93. The van der Waals surface area contributed by atoms with E-state index in [1.807, 2.05) is 0 Å². The second-order valence-corrected chi connectivity index (χ2v) is 4.93. The average molecular weight is 218 g/mol. The Bertz CT molecular complexity index is 332. The van der Waals surface area contributed by atoms with Crippen LogP contribution in [0.1, 0.15) is 49.7 Å². The Balaban J connectivity index is 2.16. The lowest BCUT2D eigenvalue weighted by molar-refractivity contribution is 0.203. The van der Waals surface area contributed by atoms with Gasteiger partial charge in [-0.05, 0) is 36.3 Å². The molecular formula is C15H22O. The van der Waals surface area contributed by atoms with Crippen LogP contribution in [0.4, 0.5) is 0 Å². The van der Waals surface area contributed by atoms with Gasteiger partial charge in [0, 0.05) is 5.92 Å². The third-order valence-electron chi connectivity index (χ3n) is 3.93. The molecule has 1 aromatic rings. The molecule has 0 aliphatic heterocycles. The highest BCUT2D eigenvalue weighted by atomic mass is 16.3. The Morgan fingerprint density at radius 3 is 2.88 bits per heavy atom. The van der Waals surface area contributed by atoms with Gasteiger partial charge in [0.15, 0.2) is 0 Å². The summed E-state index contributed by atoms with van der Waals surface area (Å²) in [5.74, 6) is 1.08. The number of hydrogen-bond acceptors (Lipinski definition) is 1. The lowest BCUT2D eigenvalue weighted by atomic mass is 9.73. The SMILES string of the molecule is CCCC[C@@H]1CCc2ccccc2[C@H]1CO. The van der Waals surface area contributed by atoms with Crippen molar-refractivity contribution in [3.8, 4) is 0 Å². The van der Waals surface area contributed by atoms with Crippen molar-refractivity contribution in [2.45, 2.75) is 44.9 Å². The summed E-state index contributed by atoms with van der Waals surface area (Å²) >= 11 is 0. The van der Waals surface area contributed by atoms with Crippen LogP contribution in [0.3, 0.4) is 0 Å². The van der Waals surface area contributed by atoms with Crippen LogP contribution in [0.25, 0.3) is 0 Å². The fourth-order valence-electron chi connectivity index (χ4n) is 2.98. The molecule has 1 N–H and O–H groups in total. The number of aliphatic hydroxyl groups excluding tert-OH is 1. The molecule has 1 aliphatic carbocycles. The van der Waals surface area contributed by atoms with E-state index in [-0.39, 0.29) is 0 Å². The lowest BCUT2D eigenvalue weighted by Crippen LogP contribution is -2.23. The summed E-state index contributed by atoms with van der Waals surface area (Å²) in [5.41, 5.74) is 2.85. The summed E-state index contributed by atoms with van der Waals surface area (Å²) in [6.45, 7) is 2.55. The molecule has 0 saturated heterocycles. The molecular weight excluding hydrogens is 196 g/mol. The van der Waals surface area contributed by atoms with Crippen molar-refractivity contribution < 1.29 is 5.11 Å². The number of aliphatic hydroxyl groups is 1. The number of unbranched alkanes of at least 4 members (excludes halogenated alkanes) is 1. The monoisotopic (exact) mass is 218 g/mol. The van der Waals surface area contributed by atoms with E-state index in [4.69, 9.17) is 0 Å². The van der Waals surface area contributed by atoms with Crippen molar-refractivity contribution in [1.82, 2.24) is 0 Å². The number of hydrogen-bond donors (Lipinski definition) is 1. The van der Waals surface area contributed by atoms with Crippen molar-refractivity contribution >= 4 is 0 Å². The first-order valence-electron chi connectivity index (χ1n) is 6.55. The quantitative estimate of drug-likeness (QED) is 0.820. The molecule has 0 unspecified atom stereocenters. The molecule has 0 amide bonds. The molecule has 0 aromatic heterocycles. The minimum atomic E-state index is 0.311. The van der Waals surface area contributed by atoms with E-state index in [2.05, 4.69) is 31.2 Å². The fraction of sp³-hybridized carbons (Fsp3) is 0.600. The standard InChI is InChI=1S/C15H22O/c1-2-3-6-13-10-9-12-7-4-5-8-14(12)15(13)11-16/h4-5,7-8,13,15-16H,2-3,6,9-11H2,1H3/t13-,15+/m1/s1. The molecule has 0 spiro atoms. The lowest BCUT2D eigenvalue weighted by Gasteiger charge is -2.32. The summed E-state index contributed by atoms with van der Waals surface area (Å²) in [5, 5.41) is 9.61. The van der Waals surface area contributed by atoms with Crippen LogP contribution in [-0.4, -0.2) is 11.7 Å². The van der Waals surface area contributed by atoms with E-state index >= 15 is 0 Å². The Morgan fingerprint density at radius 1 is 1.31 bits per heavy atom. The fourth-order valence-corrected chi connectivity index (χ4v) is 2.98. The summed E-state index contributed by atoms with van der Waals surface area (Å²) in [6.07, 6.45) is 6.28. The molecule has 0 fully saturated rings. The minimum Gasteiger partial charge on any atom is -0.396 e. The van der Waals surface area contributed by atoms with E-state index in [1.54, 1.807) is 0 Å². The van der Waals surface area contributed by atoms with Crippen LogP contribution in [-0.2, 0) is 6.42 Å². The number of rotatable bonds is 4. The normalized spacial score (nSPS) is 24.1. The van der Waals surface area contributed by atoms with E-state index in [1.165, 1.54) is 43.2 Å². The Kier molecular flexibility index (Phi) is 4.00. The molecule has 0 heterocycles. The van der Waals surface area contributed by atoms with E-state index in [9.17, 15) is 5.11 Å². The Hall–Kier alpha value is -0.820. The smallest absolute Gasteiger partial charge is 0.0502 e. The van der Waals surface area contributed by atoms with Gasteiger partial charge < -0.3 is 5.11 Å². The third kappa shape index (κ3) is 2.30. The minimum absolute atomic E-state index is 0.311. The molecule has 2 atom stereocenters. The van der Waals surface area contributed by atoms with Gasteiger partial charge in [0.2, 0.25) is 0 Å². The van der Waals surface area contributed by atoms with Crippen LogP contribution in [0.2, 0.25) is 0 Å². The van der Waals surface area contributed by atoms with Crippen molar-refractivity contribution in [1.29, 1.82) is 0 Å². The molecule has 88 valence electrons. The van der Waals surface area contributed by atoms with Gasteiger partial charge in [-0.25, -0.2) is 0 Å². The Morgan fingerprint density at radius 2 is 2.12 bits per heavy atom. The average Bonchev–Trinajstić information content (AvgIpc) is 2.35. The van der Waals surface area contributed by atoms with Gasteiger partial charge in [-0.3, -0.25) is 0 Å². The van der Waals surface area contributed by atoms with Gasteiger partial charge in [0.05, 0.1) is 6.61 Å². The number of aryl methyl sites for hydroxylation is 1. The van der Waals surface area contributed by atoms with Crippen molar-refractivity contribution in [2.75, 3.05) is 6.61 Å². The van der Waals surface area contributed by atoms with Gasteiger partial charge in [-0.2, -0.15) is 0 Å². The van der Waals surface area contributed by atoms with E-state index < -0.39 is 0 Å². The van der Waals surface area contributed by atoms with Crippen molar-refractivity contribution in [2.24, 2.45) is 5.92 Å². The van der Waals surface area contributed by atoms with Crippen molar-refractivity contribution in [3.63, 3.8) is 0 Å². The summed E-state index contributed by atoms with van der Waals surface area (Å²) in [7, 11) is 0. The van der Waals surface area contributed by atoms with Gasteiger partial charge >= 0.3 is 0 Å². The Labute approximate surface area is 98.5 Å². The van der Waals surface area contributed by atoms with Gasteiger partial charge in [0.1, 0.15) is 0 Å². The highest BCUT2D eigenvalue weighted by Crippen LogP contribution is 2.38. The molecule has 0 saturated carbocycles. The first-order valence-corrected chi connectivity index (χ1v) is 6.55. The summed E-state index contributed by atoms with van der Waals surface area (Å²) in [6, 6.07) is 8.63. The molecule has 1 aliphatic rings. The largest absolute Gasteiger partial charge is 0.396 e. The van der Waals surface area contributed by atoms with E-state index in [0.717, 1.165) is 0 Å². The maximum absolute atomic E-state index is 9.61. The number of benzene rings is 1. The molecule has 16 heavy (non-hydrogen) atoms. The first kappa shape index (κ1) is 11.7. The highest BCUT2D eigenvalue weighted by Gasteiger charge is 2.27. The van der Waals surface area contributed by atoms with Crippen molar-refractivity contribution in [3.05, 3.63) is 35.4 Å². The summed E-state index contributed by atoms with van der Waals surface area (Å²) in [4.78, 5) is 0.